The van der Waals surface area contributed by atoms with E-state index in [2.05, 4.69) is 24.1 Å². The number of carboxylic acids is 1. The number of aromatic carboxylic acids is 1. The van der Waals surface area contributed by atoms with Gasteiger partial charge in [0.2, 0.25) is 0 Å². The van der Waals surface area contributed by atoms with Gasteiger partial charge < -0.3 is 15.2 Å². The molecule has 174 valence electrons. The maximum absolute atomic E-state index is 12.0. The molecule has 0 unspecified atom stereocenters. The Morgan fingerprint density at radius 3 is 2.79 bits per heavy atom. The fourth-order valence-corrected chi connectivity index (χ4v) is 4.47. The molecule has 0 bridgehead atoms. The number of carboxylic acid groups (broad SMARTS) is 1. The van der Waals surface area contributed by atoms with Crippen molar-refractivity contribution in [2.45, 2.75) is 39.2 Å². The van der Waals surface area contributed by atoms with E-state index >= 15 is 0 Å². The first kappa shape index (κ1) is 22.2. The third kappa shape index (κ3) is 4.97. The molecule has 4 aromatic rings. The predicted octanol–water partition coefficient (Wildman–Crippen LogP) is 6.18. The molecule has 1 fully saturated rings. The van der Waals surface area contributed by atoms with Gasteiger partial charge in [-0.05, 0) is 54.8 Å². The van der Waals surface area contributed by atoms with Crippen LogP contribution in [0.5, 0.6) is 5.75 Å². The summed E-state index contributed by atoms with van der Waals surface area (Å²) in [5, 5.41) is 19.7. The van der Waals surface area contributed by atoms with Crippen LogP contribution in [0.4, 0.5) is 11.6 Å². The normalized spacial score (nSPS) is 13.3. The summed E-state index contributed by atoms with van der Waals surface area (Å²) in [6.07, 6.45) is 5.02. The van der Waals surface area contributed by atoms with Gasteiger partial charge in [0.25, 0.3) is 0 Å². The molecular formula is C26H26N4O3S. The van der Waals surface area contributed by atoms with Crippen LogP contribution in [0.3, 0.4) is 0 Å². The lowest BCUT2D eigenvalue weighted by molar-refractivity contribution is 0.0697. The Labute approximate surface area is 202 Å². The monoisotopic (exact) mass is 474 g/mol. The SMILES string of the molecule is CC(C)Cc1cc(Nc2ncc(-c3cccs3)cc2C(=O)O)nn1-c1cccc(OC2CC2)c1. The van der Waals surface area contributed by atoms with Crippen molar-refractivity contribution in [3.05, 3.63) is 71.4 Å². The van der Waals surface area contributed by atoms with E-state index in [0.29, 0.717) is 17.8 Å². The first-order valence-electron chi connectivity index (χ1n) is 11.4. The molecule has 1 aliphatic carbocycles. The Balaban J connectivity index is 1.48. The lowest BCUT2D eigenvalue weighted by atomic mass is 10.1. The number of thiophene rings is 1. The molecule has 0 atom stereocenters. The highest BCUT2D eigenvalue weighted by Crippen LogP contribution is 2.30. The van der Waals surface area contributed by atoms with E-state index in [1.54, 1.807) is 23.6 Å². The molecule has 3 heterocycles. The molecule has 0 radical (unpaired) electrons. The largest absolute Gasteiger partial charge is 0.490 e. The molecule has 1 aromatic carbocycles. The number of anilines is 2. The van der Waals surface area contributed by atoms with Crippen LogP contribution in [0.2, 0.25) is 0 Å². The summed E-state index contributed by atoms with van der Waals surface area (Å²) < 4.78 is 7.86. The average molecular weight is 475 g/mol. The third-order valence-corrected chi connectivity index (χ3v) is 6.38. The van der Waals surface area contributed by atoms with Gasteiger partial charge in [0, 0.05) is 34.5 Å². The lowest BCUT2D eigenvalue weighted by Gasteiger charge is -2.11. The van der Waals surface area contributed by atoms with Gasteiger partial charge >= 0.3 is 5.97 Å². The molecule has 0 amide bonds. The number of carbonyl (C=O) groups is 1. The number of benzene rings is 1. The van der Waals surface area contributed by atoms with Crippen LogP contribution < -0.4 is 10.1 Å². The number of hydrogen-bond donors (Lipinski definition) is 2. The zero-order valence-corrected chi connectivity index (χ0v) is 19.9. The van der Waals surface area contributed by atoms with Gasteiger partial charge in [-0.15, -0.1) is 16.4 Å². The quantitative estimate of drug-likeness (QED) is 0.301. The lowest BCUT2D eigenvalue weighted by Crippen LogP contribution is -2.07. The first-order chi connectivity index (χ1) is 16.5. The summed E-state index contributed by atoms with van der Waals surface area (Å²) in [6.45, 7) is 4.31. The second kappa shape index (κ2) is 9.30. The van der Waals surface area contributed by atoms with E-state index in [9.17, 15) is 9.90 Å². The van der Waals surface area contributed by atoms with E-state index < -0.39 is 5.97 Å². The van der Waals surface area contributed by atoms with Gasteiger partial charge in [-0.25, -0.2) is 14.5 Å². The van der Waals surface area contributed by atoms with Crippen molar-refractivity contribution in [2.24, 2.45) is 5.92 Å². The third-order valence-electron chi connectivity index (χ3n) is 5.46. The molecular weight excluding hydrogens is 448 g/mol. The minimum Gasteiger partial charge on any atom is -0.490 e. The molecule has 1 saturated carbocycles. The minimum absolute atomic E-state index is 0.102. The van der Waals surface area contributed by atoms with Crippen molar-refractivity contribution in [2.75, 3.05) is 5.32 Å². The smallest absolute Gasteiger partial charge is 0.339 e. The topological polar surface area (TPSA) is 89.3 Å². The first-order valence-corrected chi connectivity index (χ1v) is 12.2. The molecule has 5 rings (SSSR count). The second-order valence-corrected chi connectivity index (χ2v) is 9.82. The number of aromatic nitrogens is 3. The van der Waals surface area contributed by atoms with E-state index in [1.165, 1.54) is 0 Å². The average Bonchev–Trinajstić information content (AvgIpc) is 3.29. The van der Waals surface area contributed by atoms with Gasteiger partial charge in [-0.2, -0.15) is 0 Å². The summed E-state index contributed by atoms with van der Waals surface area (Å²) in [5.74, 6) is 1.02. The zero-order chi connectivity index (χ0) is 23.7. The molecule has 3 aromatic heterocycles. The fraction of sp³-hybridized carbons (Fsp3) is 0.269. The minimum atomic E-state index is -1.04. The summed E-state index contributed by atoms with van der Waals surface area (Å²) in [6, 6.07) is 15.4. The van der Waals surface area contributed by atoms with E-state index in [0.717, 1.165) is 46.8 Å². The number of pyridine rings is 1. The molecule has 0 spiro atoms. The van der Waals surface area contributed by atoms with Crippen molar-refractivity contribution in [3.8, 4) is 21.9 Å². The highest BCUT2D eigenvalue weighted by molar-refractivity contribution is 7.13. The summed E-state index contributed by atoms with van der Waals surface area (Å²) >= 11 is 1.54. The van der Waals surface area contributed by atoms with Crippen molar-refractivity contribution >= 4 is 28.9 Å². The van der Waals surface area contributed by atoms with Gasteiger partial charge in [-0.3, -0.25) is 0 Å². The highest BCUT2D eigenvalue weighted by atomic mass is 32.1. The van der Waals surface area contributed by atoms with Gasteiger partial charge in [0.1, 0.15) is 17.1 Å². The zero-order valence-electron chi connectivity index (χ0n) is 19.1. The Morgan fingerprint density at radius 1 is 1.24 bits per heavy atom. The maximum Gasteiger partial charge on any atom is 0.339 e. The Kier molecular flexibility index (Phi) is 6.06. The van der Waals surface area contributed by atoms with Gasteiger partial charge in [0.05, 0.1) is 11.8 Å². The molecule has 0 aliphatic heterocycles. The van der Waals surface area contributed by atoms with E-state index in [4.69, 9.17) is 9.84 Å². The van der Waals surface area contributed by atoms with E-state index in [-0.39, 0.29) is 11.4 Å². The summed E-state index contributed by atoms with van der Waals surface area (Å²) in [7, 11) is 0. The summed E-state index contributed by atoms with van der Waals surface area (Å²) in [4.78, 5) is 17.4. The number of ether oxygens (including phenoxy) is 1. The Morgan fingerprint density at radius 2 is 2.09 bits per heavy atom. The van der Waals surface area contributed by atoms with Crippen LogP contribution in [0.1, 0.15) is 42.7 Å². The number of nitrogens with zero attached hydrogens (tertiary/aromatic N) is 3. The van der Waals surface area contributed by atoms with Crippen molar-refractivity contribution in [3.63, 3.8) is 0 Å². The number of hydrogen-bond acceptors (Lipinski definition) is 6. The molecule has 7 nitrogen and oxygen atoms in total. The Hall–Kier alpha value is -3.65. The molecule has 34 heavy (non-hydrogen) atoms. The second-order valence-electron chi connectivity index (χ2n) is 8.87. The number of nitrogens with one attached hydrogen (secondary N) is 1. The Bertz CT molecular complexity index is 1310. The maximum atomic E-state index is 12.0. The number of rotatable bonds is 9. The fourth-order valence-electron chi connectivity index (χ4n) is 3.76. The predicted molar refractivity (Wildman–Crippen MR) is 134 cm³/mol. The summed E-state index contributed by atoms with van der Waals surface area (Å²) in [5.41, 5.74) is 2.80. The standard InChI is InChI=1S/C26H26N4O3S/c1-16(2)11-19-14-24(29-30(19)18-5-3-6-21(13-18)33-20-8-9-20)28-25-22(26(31)32)12-17(15-27-25)23-7-4-10-34-23/h3-7,10,12-16,20H,8-9,11H2,1-2H3,(H,31,32)(H,27,28,29). The van der Waals surface area contributed by atoms with Crippen LogP contribution in [0, 0.1) is 5.92 Å². The highest BCUT2D eigenvalue weighted by Gasteiger charge is 2.24. The molecule has 8 heteroatoms. The van der Waals surface area contributed by atoms with Crippen molar-refractivity contribution in [1.82, 2.24) is 14.8 Å². The van der Waals surface area contributed by atoms with Crippen LogP contribution >= 0.6 is 11.3 Å². The van der Waals surface area contributed by atoms with Gasteiger partial charge in [-0.1, -0.05) is 26.0 Å². The molecule has 1 aliphatic rings. The molecule has 0 saturated heterocycles. The van der Waals surface area contributed by atoms with Crippen molar-refractivity contribution < 1.29 is 14.6 Å². The van der Waals surface area contributed by atoms with E-state index in [1.807, 2.05) is 52.5 Å². The van der Waals surface area contributed by atoms with Crippen LogP contribution in [0.15, 0.2) is 60.1 Å². The van der Waals surface area contributed by atoms with Crippen LogP contribution in [-0.2, 0) is 6.42 Å². The molecule has 2 N–H and O–H groups in total. The van der Waals surface area contributed by atoms with Gasteiger partial charge in [0.15, 0.2) is 5.82 Å². The van der Waals surface area contributed by atoms with Crippen molar-refractivity contribution in [1.29, 1.82) is 0 Å². The van der Waals surface area contributed by atoms with Crippen LogP contribution in [-0.4, -0.2) is 31.9 Å². The van der Waals surface area contributed by atoms with Crippen LogP contribution in [0.25, 0.3) is 16.1 Å².